The summed E-state index contributed by atoms with van der Waals surface area (Å²) >= 11 is 0. The second-order valence-corrected chi connectivity index (χ2v) is 29.7. The molecule has 10 fully saturated rings. The van der Waals surface area contributed by atoms with Crippen LogP contribution in [0.5, 0.6) is 0 Å². The van der Waals surface area contributed by atoms with Gasteiger partial charge in [0.2, 0.25) is 0 Å². The number of alkyl carbamates (subject to hydrolysis) is 1. The van der Waals surface area contributed by atoms with Crippen LogP contribution < -0.4 is 11.1 Å². The fourth-order valence-electron chi connectivity index (χ4n) is 21.7. The van der Waals surface area contributed by atoms with Crippen molar-refractivity contribution < 1.29 is 50.4 Å². The minimum absolute atomic E-state index is 0. The molecule has 12 aliphatic rings. The van der Waals surface area contributed by atoms with E-state index in [9.17, 15) is 14.4 Å². The van der Waals surface area contributed by atoms with Crippen LogP contribution in [0.15, 0.2) is 52.6 Å². The summed E-state index contributed by atoms with van der Waals surface area (Å²) in [7, 11) is 0. The number of hydrogen-bond acceptors (Lipinski definition) is 9. The summed E-state index contributed by atoms with van der Waals surface area (Å²) < 4.78 is 19.9. The van der Waals surface area contributed by atoms with Crippen LogP contribution in [-0.2, 0) is 50.8 Å². The van der Waals surface area contributed by atoms with Gasteiger partial charge >= 0.3 is 6.09 Å². The van der Waals surface area contributed by atoms with Crippen LogP contribution in [0.1, 0.15) is 191 Å². The molecule has 0 aromatic heterocycles. The number of piperidine rings is 2. The van der Waals surface area contributed by atoms with Gasteiger partial charge in [-0.3, -0.25) is 19.4 Å². The molecule has 4 heterocycles. The van der Waals surface area contributed by atoms with Crippen molar-refractivity contribution >= 4 is 17.7 Å². The number of nitrogens with zero attached hydrogens (tertiary/aromatic N) is 2. The van der Waals surface area contributed by atoms with Gasteiger partial charge in [-0.2, -0.15) is 0 Å². The molecular formula is C68H104N4O6Pd. The van der Waals surface area contributed by atoms with Crippen molar-refractivity contribution in [3.05, 3.63) is 58.2 Å². The molecule has 10 nitrogen and oxygen atoms in total. The number of Topliss-reactive ketones (excluding diaryl/α,β-unsaturated/α-hetero) is 2. The maximum atomic E-state index is 12.4. The predicted octanol–water partition coefficient (Wildman–Crippen LogP) is 12.9. The van der Waals surface area contributed by atoms with Crippen LogP contribution in [0.2, 0.25) is 0 Å². The third-order valence-corrected chi connectivity index (χ3v) is 25.6. The van der Waals surface area contributed by atoms with E-state index in [-0.39, 0.29) is 45.2 Å². The van der Waals surface area contributed by atoms with Crippen molar-refractivity contribution in [2.45, 2.75) is 226 Å². The molecule has 0 radical (unpaired) electrons. The SMILES string of the molecule is CC1=C2C[C@H]3[C@@H](CC[C@@H]4CC(=O)CC[C@@]43C)[C@@H]2CC[C@@]2(C1)O[C@@H]1C[C@H](C)CN(CCN)[C@H]1[C@H]2C.CC1=C2C[C@H]3[C@@H](CC[C@@H]4CC(=O)CC[C@@]43C)[C@@H]2CC[C@@]2(C1)O[C@@H]1C[C@H](C)CN(CCNC(=O)OCc3ccccc3)[C@H]1[C@H]2C.[HH].[Pd]. The maximum Gasteiger partial charge on any atom is 0.407 e. The number of hydrogen-bond donors (Lipinski definition) is 2. The third-order valence-electron chi connectivity index (χ3n) is 25.6. The van der Waals surface area contributed by atoms with Crippen molar-refractivity contribution in [3.8, 4) is 0 Å². The van der Waals surface area contributed by atoms with Crippen LogP contribution in [0.25, 0.3) is 0 Å². The number of likely N-dealkylation sites (tertiary alicyclic amines) is 2. The van der Waals surface area contributed by atoms with E-state index in [2.05, 4.69) is 70.5 Å². The molecule has 3 N–H and O–H groups in total. The van der Waals surface area contributed by atoms with Crippen molar-refractivity contribution in [2.75, 3.05) is 39.3 Å². The Morgan fingerprint density at radius 1 is 0.684 bits per heavy atom. The quantitative estimate of drug-likeness (QED) is 0.203. The Labute approximate surface area is 491 Å². The first-order valence-corrected chi connectivity index (χ1v) is 32.3. The molecule has 2 spiro atoms. The van der Waals surface area contributed by atoms with Crippen LogP contribution in [-0.4, -0.2) is 102 Å². The molecule has 1 aromatic rings. The molecule has 1 amide bonds. The molecule has 8 aliphatic carbocycles. The van der Waals surface area contributed by atoms with E-state index in [1.54, 1.807) is 16.7 Å². The zero-order chi connectivity index (χ0) is 54.5. The van der Waals surface area contributed by atoms with Gasteiger partial charge in [0.05, 0.1) is 23.4 Å². The average Bonchev–Trinajstić information content (AvgIpc) is 4.31. The summed E-state index contributed by atoms with van der Waals surface area (Å²) in [5.41, 5.74) is 14.5. The standard InChI is InChI=1S/C38H54N2O4.C30H48N2O2.Pd.H2/c1-24-18-34-35(40(22-24)17-16-39-36(42)43-23-27-8-6-5-7-9-27)26(3)38(44-34)15-13-30-31-11-10-28-19-29(41)12-14-37(28,4)33(31)20-32(30)25(2)21-38;1-18-13-27-28(32(17-18)12-11-31)20(3)30(34-27)10-8-23-24-6-5-21-14-22(33)7-9-29(21,4)26(24)15-25(23)19(2)16-30;;/h5-9,24,26,28,30-31,33-35H,10-23H2,1-4H3,(H,39,42);18,20-21,23-24,26-28H,5-17,31H2,1-4H3;;1H/t24-,26+,28+,30-,31-,33-,34+,35-,37-,38-;18-,20+,21+,23-,24-,26-,27+,28-,29-,30-;;/m00../s1. The van der Waals surface area contributed by atoms with Gasteiger partial charge in [0.1, 0.15) is 18.2 Å². The van der Waals surface area contributed by atoms with Crippen LogP contribution in [0.3, 0.4) is 0 Å². The van der Waals surface area contributed by atoms with E-state index in [1.807, 2.05) is 35.9 Å². The number of benzene rings is 1. The zero-order valence-electron chi connectivity index (χ0n) is 50.0. The summed E-state index contributed by atoms with van der Waals surface area (Å²) in [6, 6.07) is 10.8. The molecule has 11 heteroatoms. The molecule has 4 saturated heterocycles. The molecule has 0 unspecified atom stereocenters. The largest absolute Gasteiger partial charge is 0.445 e. The second kappa shape index (κ2) is 23.0. The normalized spacial score (nSPS) is 45.3. The van der Waals surface area contributed by atoms with E-state index in [4.69, 9.17) is 19.9 Å². The number of amides is 1. The van der Waals surface area contributed by atoms with Gasteiger partial charge in [0.15, 0.2) is 0 Å². The minimum atomic E-state index is -0.346. The van der Waals surface area contributed by atoms with E-state index in [0.29, 0.717) is 95.2 Å². The summed E-state index contributed by atoms with van der Waals surface area (Å²) in [6.45, 7) is 25.4. The fraction of sp³-hybridized carbons (Fsp3) is 0.809. The number of carbonyl (C=O) groups is 3. The summed E-state index contributed by atoms with van der Waals surface area (Å²) in [4.78, 5) is 42.3. The van der Waals surface area contributed by atoms with Crippen molar-refractivity contribution in [2.24, 2.45) is 87.6 Å². The van der Waals surface area contributed by atoms with Crippen LogP contribution in [0.4, 0.5) is 4.79 Å². The van der Waals surface area contributed by atoms with Crippen LogP contribution >= 0.6 is 0 Å². The molecule has 79 heavy (non-hydrogen) atoms. The Hall–Kier alpha value is -2.23. The Bertz CT molecular complexity index is 2490. The molecule has 4 aliphatic heterocycles. The average molecular weight is 1180 g/mol. The van der Waals surface area contributed by atoms with Crippen molar-refractivity contribution in [1.82, 2.24) is 15.1 Å². The van der Waals surface area contributed by atoms with Gasteiger partial charge < -0.3 is 25.3 Å². The maximum absolute atomic E-state index is 12.4. The first-order chi connectivity index (χ1) is 37.4. The number of ketones is 2. The van der Waals surface area contributed by atoms with Crippen LogP contribution in [0, 0.1) is 81.8 Å². The number of allylic oxidation sites excluding steroid dienone is 2. The number of rotatable bonds is 7. The number of fused-ring (bicyclic) bond motifs is 12. The Balaban J connectivity index is 0.000000181. The van der Waals surface area contributed by atoms with E-state index in [1.165, 1.54) is 70.8 Å². The monoisotopic (exact) mass is 1180 g/mol. The van der Waals surface area contributed by atoms with Gasteiger partial charge in [-0.15, -0.1) is 0 Å². The Kier molecular flexibility index (Phi) is 17.0. The van der Waals surface area contributed by atoms with Gasteiger partial charge in [-0.25, -0.2) is 4.79 Å². The topological polar surface area (TPSA) is 123 Å². The molecule has 6 saturated carbocycles. The van der Waals surface area contributed by atoms with Gasteiger partial charge in [-0.1, -0.05) is 94.2 Å². The van der Waals surface area contributed by atoms with Gasteiger partial charge in [0.25, 0.3) is 0 Å². The number of nitrogens with two attached hydrogens (primary N) is 1. The third kappa shape index (κ3) is 10.5. The predicted molar refractivity (Wildman–Crippen MR) is 310 cm³/mol. The number of carbonyl (C=O) groups excluding carboxylic acids is 3. The van der Waals surface area contributed by atoms with E-state index in [0.717, 1.165) is 126 Å². The van der Waals surface area contributed by atoms with Gasteiger partial charge in [0, 0.05) is 111 Å². The van der Waals surface area contributed by atoms with E-state index < -0.39 is 0 Å². The Morgan fingerprint density at radius 3 is 1.65 bits per heavy atom. The number of nitrogens with one attached hydrogen (secondary N) is 1. The van der Waals surface area contributed by atoms with Crippen molar-refractivity contribution in [1.29, 1.82) is 0 Å². The molecule has 1 aromatic carbocycles. The second-order valence-electron chi connectivity index (χ2n) is 29.7. The smallest absolute Gasteiger partial charge is 0.407 e. The fourth-order valence-corrected chi connectivity index (χ4v) is 21.7. The Morgan fingerprint density at radius 2 is 1.16 bits per heavy atom. The molecular weight excluding hydrogens is 1080 g/mol. The first-order valence-electron chi connectivity index (χ1n) is 32.3. The summed E-state index contributed by atoms with van der Waals surface area (Å²) in [6.07, 6.45) is 23.1. The molecule has 20 atom stereocenters. The number of ether oxygens (including phenoxy) is 3. The first kappa shape index (κ1) is 58.5. The summed E-state index contributed by atoms with van der Waals surface area (Å²) in [5, 5.41) is 3.01. The van der Waals surface area contributed by atoms with Gasteiger partial charge in [-0.05, 0) is 192 Å². The molecule has 0 bridgehead atoms. The summed E-state index contributed by atoms with van der Waals surface area (Å²) in [5.74, 6) is 9.21. The molecule has 13 rings (SSSR count). The molecule has 442 valence electrons. The zero-order valence-corrected chi connectivity index (χ0v) is 51.5. The minimum Gasteiger partial charge on any atom is -0.445 e. The van der Waals surface area contributed by atoms with Crippen molar-refractivity contribution in [3.63, 3.8) is 0 Å². The van der Waals surface area contributed by atoms with E-state index >= 15 is 0 Å².